The van der Waals surface area contributed by atoms with Crippen LogP contribution in [0.4, 0.5) is 17.6 Å². The first-order valence-electron chi connectivity index (χ1n) is 4.26. The summed E-state index contributed by atoms with van der Waals surface area (Å²) in [6.07, 6.45) is -4.84. The molecular weight excluding hydrogens is 246 g/mol. The first-order chi connectivity index (χ1) is 7.91. The molecule has 0 saturated heterocycles. The van der Waals surface area contributed by atoms with Gasteiger partial charge in [-0.15, -0.1) is 13.2 Å². The van der Waals surface area contributed by atoms with E-state index in [1.54, 1.807) is 0 Å². The maximum atomic E-state index is 12.4. The molecule has 0 bridgehead atoms. The van der Waals surface area contributed by atoms with Crippen molar-refractivity contribution in [3.05, 3.63) is 17.3 Å². The van der Waals surface area contributed by atoms with Crippen LogP contribution in [0.15, 0.2) is 6.07 Å². The van der Waals surface area contributed by atoms with Crippen molar-refractivity contribution in [3.63, 3.8) is 0 Å². The largest absolute Gasteiger partial charge is 0.574 e. The average Bonchev–Trinajstić information content (AvgIpc) is 2.26. The van der Waals surface area contributed by atoms with E-state index in [1.165, 1.54) is 0 Å². The number of carbonyl (C=O) groups excluding carboxylic acids is 1. The topological polar surface area (TPSA) is 48.4 Å². The highest BCUT2D eigenvalue weighted by atomic mass is 19.4. The molecule has 1 aromatic rings. The summed E-state index contributed by atoms with van der Waals surface area (Å²) in [4.78, 5) is 13.7. The average molecular weight is 253 g/mol. The fraction of sp³-hybridized carbons (Fsp3) is 0.333. The van der Waals surface area contributed by atoms with E-state index in [0.717, 1.165) is 13.2 Å². The maximum absolute atomic E-state index is 12.4. The van der Waals surface area contributed by atoms with E-state index in [2.05, 4.69) is 14.5 Å². The molecule has 0 aliphatic heterocycles. The first-order valence-corrected chi connectivity index (χ1v) is 4.26. The molecular formula is C9H7F4NO3. The van der Waals surface area contributed by atoms with Gasteiger partial charge in [0, 0.05) is 5.56 Å². The number of ether oxygens (including phenoxy) is 2. The Labute approximate surface area is 93.2 Å². The molecule has 0 saturated carbocycles. The third kappa shape index (κ3) is 3.30. The molecule has 0 atom stereocenters. The van der Waals surface area contributed by atoms with Gasteiger partial charge in [-0.3, -0.25) is 4.79 Å². The Balaban J connectivity index is 3.24. The molecule has 1 rings (SSSR count). The minimum atomic E-state index is -4.97. The second kappa shape index (κ2) is 4.98. The van der Waals surface area contributed by atoms with Crippen LogP contribution in [0, 0.1) is 0 Å². The number of rotatable bonds is 4. The molecule has 0 aromatic carbocycles. The molecule has 0 aliphatic rings. The Morgan fingerprint density at radius 2 is 2.12 bits per heavy atom. The molecule has 0 radical (unpaired) electrons. The van der Waals surface area contributed by atoms with Crippen molar-refractivity contribution >= 4 is 6.29 Å². The van der Waals surface area contributed by atoms with Crippen LogP contribution >= 0.6 is 0 Å². The number of aldehydes is 1. The van der Waals surface area contributed by atoms with Crippen molar-refractivity contribution in [2.75, 3.05) is 7.11 Å². The van der Waals surface area contributed by atoms with E-state index in [0.29, 0.717) is 0 Å². The zero-order valence-corrected chi connectivity index (χ0v) is 8.55. The molecule has 0 amide bonds. The number of hydrogen-bond acceptors (Lipinski definition) is 4. The summed E-state index contributed by atoms with van der Waals surface area (Å²) < 4.78 is 56.5. The number of aromatic nitrogens is 1. The minimum Gasteiger partial charge on any atom is -0.491 e. The van der Waals surface area contributed by atoms with Gasteiger partial charge < -0.3 is 9.47 Å². The molecule has 1 aromatic heterocycles. The lowest BCUT2D eigenvalue weighted by Gasteiger charge is -2.12. The normalized spacial score (nSPS) is 11.1. The van der Waals surface area contributed by atoms with Crippen LogP contribution in [0.3, 0.4) is 0 Å². The number of nitrogens with zero attached hydrogens (tertiary/aromatic N) is 1. The fourth-order valence-electron chi connectivity index (χ4n) is 1.07. The molecule has 1 heterocycles. The van der Waals surface area contributed by atoms with Crippen LogP contribution in [-0.4, -0.2) is 24.7 Å². The third-order valence-electron chi connectivity index (χ3n) is 1.76. The van der Waals surface area contributed by atoms with Gasteiger partial charge in [-0.2, -0.15) is 0 Å². The van der Waals surface area contributed by atoms with Crippen molar-refractivity contribution in [2.45, 2.75) is 13.0 Å². The molecule has 17 heavy (non-hydrogen) atoms. The zero-order chi connectivity index (χ0) is 13.1. The van der Waals surface area contributed by atoms with E-state index in [9.17, 15) is 22.4 Å². The smallest absolute Gasteiger partial charge is 0.491 e. The summed E-state index contributed by atoms with van der Waals surface area (Å²) >= 11 is 0. The maximum Gasteiger partial charge on any atom is 0.574 e. The number of methoxy groups -OCH3 is 1. The Morgan fingerprint density at radius 3 is 2.53 bits per heavy atom. The minimum absolute atomic E-state index is 0.136. The Kier molecular flexibility index (Phi) is 3.87. The molecule has 0 fully saturated rings. The van der Waals surface area contributed by atoms with E-state index in [1.807, 2.05) is 0 Å². The highest BCUT2D eigenvalue weighted by molar-refractivity contribution is 5.75. The molecule has 0 N–H and O–H groups in total. The van der Waals surface area contributed by atoms with Gasteiger partial charge in [0.25, 0.3) is 5.88 Å². The lowest BCUT2D eigenvalue weighted by molar-refractivity contribution is -0.276. The summed E-state index contributed by atoms with van der Waals surface area (Å²) in [7, 11) is 1.07. The van der Waals surface area contributed by atoms with Gasteiger partial charge >= 0.3 is 6.36 Å². The quantitative estimate of drug-likeness (QED) is 0.610. The van der Waals surface area contributed by atoms with E-state index in [-0.39, 0.29) is 11.8 Å². The van der Waals surface area contributed by atoms with Crippen molar-refractivity contribution in [2.24, 2.45) is 0 Å². The molecule has 0 aliphatic carbocycles. The van der Waals surface area contributed by atoms with E-state index in [4.69, 9.17) is 0 Å². The second-order valence-corrected chi connectivity index (χ2v) is 2.84. The van der Waals surface area contributed by atoms with E-state index < -0.39 is 30.4 Å². The summed E-state index contributed by atoms with van der Waals surface area (Å²) in [5, 5.41) is 0. The number of pyridine rings is 1. The van der Waals surface area contributed by atoms with Gasteiger partial charge in [0.15, 0.2) is 12.0 Å². The summed E-state index contributed by atoms with van der Waals surface area (Å²) in [6.45, 7) is -1.05. The van der Waals surface area contributed by atoms with Gasteiger partial charge in [0.1, 0.15) is 12.4 Å². The Morgan fingerprint density at radius 1 is 1.47 bits per heavy atom. The number of alkyl halides is 4. The van der Waals surface area contributed by atoms with Crippen molar-refractivity contribution in [1.82, 2.24) is 4.98 Å². The highest BCUT2D eigenvalue weighted by Crippen LogP contribution is 2.31. The van der Waals surface area contributed by atoms with Crippen LogP contribution < -0.4 is 9.47 Å². The third-order valence-corrected chi connectivity index (χ3v) is 1.76. The van der Waals surface area contributed by atoms with Gasteiger partial charge in [-0.1, -0.05) is 0 Å². The van der Waals surface area contributed by atoms with Crippen LogP contribution in [0.25, 0.3) is 0 Å². The van der Waals surface area contributed by atoms with Crippen LogP contribution in [0.5, 0.6) is 11.6 Å². The van der Waals surface area contributed by atoms with E-state index >= 15 is 0 Å². The van der Waals surface area contributed by atoms with Crippen LogP contribution in [0.1, 0.15) is 16.1 Å². The first kappa shape index (κ1) is 13.2. The molecule has 94 valence electrons. The monoisotopic (exact) mass is 253 g/mol. The number of halogens is 4. The number of carbonyl (C=O) groups is 1. The SMILES string of the molecule is COc1cc(CF)c(C=O)nc1OC(F)(F)F. The lowest BCUT2D eigenvalue weighted by atomic mass is 10.2. The van der Waals surface area contributed by atoms with Crippen LogP contribution in [0.2, 0.25) is 0 Å². The summed E-state index contributed by atoms with van der Waals surface area (Å²) in [5.74, 6) is -1.33. The predicted octanol–water partition coefficient (Wildman–Crippen LogP) is 2.27. The highest BCUT2D eigenvalue weighted by Gasteiger charge is 2.33. The van der Waals surface area contributed by atoms with Gasteiger partial charge in [-0.25, -0.2) is 9.37 Å². The molecule has 8 heteroatoms. The molecule has 0 unspecified atom stereocenters. The number of hydrogen-bond donors (Lipinski definition) is 0. The van der Waals surface area contributed by atoms with Gasteiger partial charge in [-0.05, 0) is 6.07 Å². The predicted molar refractivity (Wildman–Crippen MR) is 47.7 cm³/mol. The summed E-state index contributed by atoms with van der Waals surface area (Å²) in [5.41, 5.74) is -0.640. The Hall–Kier alpha value is -1.86. The Bertz CT molecular complexity index is 419. The fourth-order valence-corrected chi connectivity index (χ4v) is 1.07. The zero-order valence-electron chi connectivity index (χ0n) is 8.55. The summed E-state index contributed by atoms with van der Waals surface area (Å²) in [6, 6.07) is 0.928. The molecule has 4 nitrogen and oxygen atoms in total. The van der Waals surface area contributed by atoms with Crippen molar-refractivity contribution in [1.29, 1.82) is 0 Å². The van der Waals surface area contributed by atoms with Gasteiger partial charge in [0.2, 0.25) is 0 Å². The molecule has 0 spiro atoms. The standard InChI is InChI=1S/C9H7F4NO3/c1-16-7-2-5(3-10)6(4-15)14-8(7)17-9(11,12)13/h2,4H,3H2,1H3. The van der Waals surface area contributed by atoms with Crippen molar-refractivity contribution in [3.8, 4) is 11.6 Å². The second-order valence-electron chi connectivity index (χ2n) is 2.84. The van der Waals surface area contributed by atoms with Gasteiger partial charge in [0.05, 0.1) is 7.11 Å². The van der Waals surface area contributed by atoms with Crippen molar-refractivity contribution < 1.29 is 31.8 Å². The lowest BCUT2D eigenvalue weighted by Crippen LogP contribution is -2.19. The van der Waals surface area contributed by atoms with Crippen LogP contribution in [-0.2, 0) is 6.67 Å².